The fourth-order valence-electron chi connectivity index (χ4n) is 10.2. The molecule has 6 atom stereocenters. The third-order valence-electron chi connectivity index (χ3n) is 13.8. The Labute approximate surface area is 342 Å². The number of hydrogen-bond acceptors (Lipinski definition) is 6. The van der Waals surface area contributed by atoms with Crippen molar-refractivity contribution in [2.75, 3.05) is 0 Å². The monoisotopic (exact) mass is 777 g/mol. The Hall–Kier alpha value is -3.80. The van der Waals surface area contributed by atoms with Gasteiger partial charge in [-0.15, -0.1) is 6.58 Å². The number of ether oxygens (including phenoxy) is 2. The molecule has 0 spiro atoms. The van der Waals surface area contributed by atoms with Crippen molar-refractivity contribution in [3.05, 3.63) is 71.3 Å². The van der Waals surface area contributed by atoms with Crippen LogP contribution in [0, 0.1) is 47.3 Å². The van der Waals surface area contributed by atoms with Crippen molar-refractivity contribution in [3.63, 3.8) is 0 Å². The quantitative estimate of drug-likeness (QED) is 0.111. The summed E-state index contributed by atoms with van der Waals surface area (Å²) in [6.45, 7) is 20.4. The van der Waals surface area contributed by atoms with Crippen LogP contribution in [0.4, 0.5) is 0 Å². The van der Waals surface area contributed by atoms with Gasteiger partial charge in [0.2, 0.25) is 0 Å². The maximum atomic E-state index is 14.9. The predicted octanol–water partition coefficient (Wildman–Crippen LogP) is 11.9. The van der Waals surface area contributed by atoms with Gasteiger partial charge < -0.3 is 9.47 Å². The van der Waals surface area contributed by atoms with E-state index in [-0.39, 0.29) is 48.2 Å². The fraction of sp³-hybridized carbons (Fsp3) is 0.608. The molecule has 308 valence electrons. The molecule has 6 unspecified atom stereocenters. The molecule has 2 aromatic carbocycles. The van der Waals surface area contributed by atoms with E-state index in [1.807, 2.05) is 20.8 Å². The van der Waals surface area contributed by atoms with Gasteiger partial charge in [-0.1, -0.05) is 83.9 Å². The van der Waals surface area contributed by atoms with E-state index in [0.717, 1.165) is 74.5 Å². The van der Waals surface area contributed by atoms with Crippen LogP contribution >= 0.6 is 0 Å². The van der Waals surface area contributed by atoms with Crippen molar-refractivity contribution in [2.45, 2.75) is 157 Å². The van der Waals surface area contributed by atoms with Crippen molar-refractivity contribution >= 4 is 39.7 Å². The molecule has 2 aromatic rings. The van der Waals surface area contributed by atoms with Gasteiger partial charge in [0.1, 0.15) is 35.3 Å². The van der Waals surface area contributed by atoms with Gasteiger partial charge in [-0.05, 0) is 142 Å². The number of unbranched alkanes of at least 4 members (excludes halogenated alkanes) is 1. The highest BCUT2D eigenvalue weighted by atomic mass is 16.5. The summed E-state index contributed by atoms with van der Waals surface area (Å²) in [7, 11) is 0. The summed E-state index contributed by atoms with van der Waals surface area (Å²) < 4.78 is 12.9. The minimum atomic E-state index is -0.742. The Kier molecular flexibility index (Phi) is 13.2. The van der Waals surface area contributed by atoms with Crippen LogP contribution in [0.5, 0.6) is 5.75 Å². The third kappa shape index (κ3) is 9.58. The topological polar surface area (TPSA) is 86.7 Å². The van der Waals surface area contributed by atoms with Gasteiger partial charge in [-0.25, -0.2) is 0 Å². The van der Waals surface area contributed by atoms with Gasteiger partial charge >= 0.3 is 5.97 Å². The number of allylic oxidation sites excluding steroid dienone is 5. The average molecular weight is 777 g/mol. The molecule has 6 heteroatoms. The highest BCUT2D eigenvalue weighted by Crippen LogP contribution is 2.58. The summed E-state index contributed by atoms with van der Waals surface area (Å²) in [4.78, 5) is 55.8. The number of carbonyl (C=O) groups is 4. The van der Waals surface area contributed by atoms with Crippen LogP contribution in [0.15, 0.2) is 54.6 Å². The molecule has 0 aliphatic heterocycles. The van der Waals surface area contributed by atoms with Crippen LogP contribution in [0.3, 0.4) is 0 Å². The molecule has 0 radical (unpaired) electrons. The van der Waals surface area contributed by atoms with Crippen LogP contribution in [-0.2, 0) is 30.3 Å². The third-order valence-corrected chi connectivity index (χ3v) is 13.8. The second kappa shape index (κ2) is 17.6. The molecule has 6 rings (SSSR count). The van der Waals surface area contributed by atoms with Crippen molar-refractivity contribution in [1.82, 2.24) is 0 Å². The number of fused-ring (bicyclic) bond motifs is 1. The van der Waals surface area contributed by atoms with Gasteiger partial charge in [0.05, 0.1) is 6.42 Å². The minimum Gasteiger partial charge on any atom is -0.490 e. The highest BCUT2D eigenvalue weighted by Gasteiger charge is 2.59. The van der Waals surface area contributed by atoms with E-state index >= 15 is 0 Å². The van der Waals surface area contributed by atoms with Crippen molar-refractivity contribution < 1.29 is 28.7 Å². The van der Waals surface area contributed by atoms with Crippen LogP contribution in [-0.4, -0.2) is 35.5 Å². The van der Waals surface area contributed by atoms with E-state index in [0.29, 0.717) is 25.2 Å². The zero-order chi connectivity index (χ0) is 41.2. The Bertz CT molecular complexity index is 1930. The van der Waals surface area contributed by atoms with Gasteiger partial charge in [-0.3, -0.25) is 19.2 Å². The summed E-state index contributed by atoms with van der Waals surface area (Å²) in [5, 5.41) is 2.20. The maximum absolute atomic E-state index is 14.9. The SMILES string of the molecule is C=CC1CC1(CC(=O)C1CC(Oc2cc(C3=CCC(CC(C)C)=C3)cc3c(C)c(CCCC)ccc23)CC1C(=O)C(CC(=O)OC1CCCC1)C(C)(C)C)C(C)=O. The van der Waals surface area contributed by atoms with E-state index in [2.05, 4.69) is 70.7 Å². The Balaban J connectivity index is 1.35. The standard InChI is InChI=1S/C51H68O6/c1-10-12-15-35-20-21-41-42(32(35)5)24-37(36-19-18-34(23-36)22-31(3)4)25-47(41)56-40-26-43(46(53)30-51(33(6)52)29-38(51)11-2)44(27-40)49(55)45(50(7,8)9)28-48(54)57-39-16-13-14-17-39/h11,19-21,23-25,31,38-40,43-45H,2,10,12-18,22,26-30H2,1,3-9H3. The molecule has 0 heterocycles. The lowest BCUT2D eigenvalue weighted by Gasteiger charge is -2.32. The molecule has 3 saturated carbocycles. The number of carbonyl (C=O) groups excluding carboxylic acids is 4. The number of rotatable bonds is 18. The van der Waals surface area contributed by atoms with E-state index in [4.69, 9.17) is 9.47 Å². The molecular weight excluding hydrogens is 709 g/mol. The molecule has 4 aliphatic carbocycles. The molecular formula is C51H68O6. The fourth-order valence-corrected chi connectivity index (χ4v) is 10.2. The first-order chi connectivity index (χ1) is 27.0. The molecule has 0 bridgehead atoms. The number of esters is 1. The zero-order valence-electron chi connectivity index (χ0n) is 36.1. The second-order valence-corrected chi connectivity index (χ2v) is 19.5. The Morgan fingerprint density at radius 2 is 1.72 bits per heavy atom. The number of Topliss-reactive ketones (excluding diaryl/α,β-unsaturated/α-hetero) is 3. The van der Waals surface area contributed by atoms with Crippen molar-refractivity contribution in [2.24, 2.45) is 40.4 Å². The first-order valence-corrected chi connectivity index (χ1v) is 22.1. The molecule has 4 aliphatic rings. The van der Waals surface area contributed by atoms with E-state index in [1.54, 1.807) is 13.0 Å². The normalized spacial score (nSPS) is 25.4. The van der Waals surface area contributed by atoms with Crippen LogP contribution in [0.1, 0.15) is 149 Å². The number of ketones is 3. The lowest BCUT2D eigenvalue weighted by Crippen LogP contribution is -2.39. The Morgan fingerprint density at radius 3 is 2.35 bits per heavy atom. The lowest BCUT2D eigenvalue weighted by molar-refractivity contribution is -0.154. The van der Waals surface area contributed by atoms with Crippen LogP contribution in [0.25, 0.3) is 16.3 Å². The zero-order valence-corrected chi connectivity index (χ0v) is 36.1. The highest BCUT2D eigenvalue weighted by molar-refractivity contribution is 5.98. The summed E-state index contributed by atoms with van der Waals surface area (Å²) in [6.07, 6.45) is 16.5. The number of aryl methyl sites for hydroxylation is 2. The molecule has 0 amide bonds. The van der Waals surface area contributed by atoms with Gasteiger partial charge in [-0.2, -0.15) is 0 Å². The molecule has 0 saturated heterocycles. The van der Waals surface area contributed by atoms with Gasteiger partial charge in [0.25, 0.3) is 0 Å². The first-order valence-electron chi connectivity index (χ1n) is 22.1. The number of hydrogen-bond donors (Lipinski definition) is 0. The predicted molar refractivity (Wildman–Crippen MR) is 230 cm³/mol. The summed E-state index contributed by atoms with van der Waals surface area (Å²) >= 11 is 0. The second-order valence-electron chi connectivity index (χ2n) is 19.5. The van der Waals surface area contributed by atoms with E-state index in [9.17, 15) is 19.2 Å². The molecule has 57 heavy (non-hydrogen) atoms. The lowest BCUT2D eigenvalue weighted by atomic mass is 9.70. The summed E-state index contributed by atoms with van der Waals surface area (Å²) in [6, 6.07) is 8.88. The van der Waals surface area contributed by atoms with Gasteiger partial charge in [0.15, 0.2) is 0 Å². The summed E-state index contributed by atoms with van der Waals surface area (Å²) in [5.74, 6) is -1.02. The largest absolute Gasteiger partial charge is 0.490 e. The van der Waals surface area contributed by atoms with Crippen LogP contribution in [0.2, 0.25) is 0 Å². The van der Waals surface area contributed by atoms with E-state index in [1.165, 1.54) is 27.7 Å². The summed E-state index contributed by atoms with van der Waals surface area (Å²) in [5.41, 5.74) is 5.10. The maximum Gasteiger partial charge on any atom is 0.306 e. The van der Waals surface area contributed by atoms with Crippen molar-refractivity contribution in [3.8, 4) is 5.75 Å². The first kappa shape index (κ1) is 42.8. The molecule has 6 nitrogen and oxygen atoms in total. The number of benzene rings is 2. The molecule has 0 aromatic heterocycles. The molecule has 3 fully saturated rings. The van der Waals surface area contributed by atoms with Gasteiger partial charge in [0, 0.05) is 35.0 Å². The smallest absolute Gasteiger partial charge is 0.306 e. The minimum absolute atomic E-state index is 0.000397. The Morgan fingerprint density at radius 1 is 1.00 bits per heavy atom. The van der Waals surface area contributed by atoms with E-state index < -0.39 is 34.7 Å². The van der Waals surface area contributed by atoms with Crippen molar-refractivity contribution in [1.29, 1.82) is 0 Å². The average Bonchev–Trinajstić information content (AvgIpc) is 3.56. The molecule has 0 N–H and O–H groups in total. The van der Waals surface area contributed by atoms with Crippen LogP contribution < -0.4 is 4.74 Å².